The van der Waals surface area contributed by atoms with Crippen LogP contribution < -0.4 is 5.62 Å². The van der Waals surface area contributed by atoms with E-state index in [1.165, 1.54) is 16.7 Å². The minimum absolute atomic E-state index is 0. The van der Waals surface area contributed by atoms with Crippen molar-refractivity contribution in [1.82, 2.24) is 14.0 Å². The normalized spacial score (nSPS) is 14.4. The van der Waals surface area contributed by atoms with Crippen molar-refractivity contribution in [2.75, 3.05) is 32.8 Å². The molecule has 3 aromatic carbocycles. The Morgan fingerprint density at radius 2 is 1.28 bits per heavy atom. The van der Waals surface area contributed by atoms with Crippen molar-refractivity contribution in [1.29, 1.82) is 5.41 Å². The third-order valence-electron chi connectivity index (χ3n) is 6.12. The molecule has 32 heavy (non-hydrogen) atoms. The lowest BCUT2D eigenvalue weighted by molar-refractivity contribution is 0.0363. The molecule has 0 aliphatic carbocycles. The molecule has 0 radical (unpaired) electrons. The minimum atomic E-state index is 0. The number of benzene rings is 3. The van der Waals surface area contributed by atoms with Gasteiger partial charge in [-0.25, -0.2) is 0 Å². The fourth-order valence-corrected chi connectivity index (χ4v) is 4.36. The van der Waals surface area contributed by atoms with Gasteiger partial charge in [0.25, 0.3) is 0 Å². The smallest absolute Gasteiger partial charge is 0.203 e. The van der Waals surface area contributed by atoms with Gasteiger partial charge >= 0.3 is 0 Å². The number of para-hydroxylation sites is 2. The zero-order valence-corrected chi connectivity index (χ0v) is 19.8. The quantitative estimate of drug-likeness (QED) is 0.429. The van der Waals surface area contributed by atoms with Crippen LogP contribution in [-0.2, 0) is 17.8 Å². The van der Waals surface area contributed by atoms with Gasteiger partial charge < -0.3 is 13.9 Å². The van der Waals surface area contributed by atoms with Crippen molar-refractivity contribution >= 4 is 28.0 Å². The molecule has 0 unspecified atom stereocenters. The van der Waals surface area contributed by atoms with Crippen LogP contribution in [0.3, 0.4) is 0 Å². The molecule has 1 aliphatic heterocycles. The predicted octanol–water partition coefficient (Wildman–Crippen LogP) is 4.55. The van der Waals surface area contributed by atoms with E-state index in [-0.39, 0.29) is 17.0 Å². The minimum Gasteiger partial charge on any atom is -0.379 e. The molecule has 0 atom stereocenters. The Labute approximate surface area is 199 Å². The number of imidazole rings is 1. The van der Waals surface area contributed by atoms with Gasteiger partial charge in [-0.15, -0.1) is 17.0 Å². The Morgan fingerprint density at radius 3 is 1.97 bits per heavy atom. The highest BCUT2D eigenvalue weighted by atomic mass is 79.9. The third-order valence-corrected chi connectivity index (χ3v) is 6.12. The van der Waals surface area contributed by atoms with Crippen LogP contribution in [0.4, 0.5) is 0 Å². The van der Waals surface area contributed by atoms with Crippen LogP contribution in [-0.4, -0.2) is 46.9 Å². The first-order valence-corrected chi connectivity index (χ1v) is 11.0. The average Bonchev–Trinajstić information content (AvgIpc) is 3.10. The fraction of sp³-hybridized carbons (Fsp3) is 0.269. The lowest BCUT2D eigenvalue weighted by Crippen LogP contribution is -2.39. The standard InChI is InChI=1S/C26H28N4O.BrH/c27-26-29(15-14-28-16-18-31-19-17-28)24-8-4-5-9-25(24)30(26)20-21-10-12-23(13-11-21)22-6-2-1-3-7-22;/h1-13,27H,14-20H2;1H. The molecule has 4 aromatic rings. The van der Waals surface area contributed by atoms with E-state index in [0.29, 0.717) is 12.2 Å². The number of rotatable bonds is 6. The summed E-state index contributed by atoms with van der Waals surface area (Å²) in [6.07, 6.45) is 0. The Morgan fingerprint density at radius 1 is 0.688 bits per heavy atom. The number of fused-ring (bicyclic) bond motifs is 1. The average molecular weight is 493 g/mol. The third kappa shape index (κ3) is 4.72. The van der Waals surface area contributed by atoms with Crippen molar-refractivity contribution in [3.05, 3.63) is 90.0 Å². The van der Waals surface area contributed by atoms with Crippen LogP contribution >= 0.6 is 17.0 Å². The summed E-state index contributed by atoms with van der Waals surface area (Å²) in [4.78, 5) is 2.42. The van der Waals surface area contributed by atoms with Gasteiger partial charge in [0.2, 0.25) is 5.62 Å². The Hall–Kier alpha value is -2.67. The Kier molecular flexibility index (Phi) is 7.25. The largest absolute Gasteiger partial charge is 0.379 e. The monoisotopic (exact) mass is 492 g/mol. The first kappa shape index (κ1) is 22.5. The maximum absolute atomic E-state index is 8.90. The summed E-state index contributed by atoms with van der Waals surface area (Å²) in [6, 6.07) is 27.5. The number of ether oxygens (including phenoxy) is 1. The molecule has 1 aromatic heterocycles. The van der Waals surface area contributed by atoms with Gasteiger partial charge in [-0.1, -0.05) is 66.7 Å². The number of nitrogens with one attached hydrogen (secondary N) is 1. The maximum atomic E-state index is 8.90. The van der Waals surface area contributed by atoms with Gasteiger partial charge in [0, 0.05) is 26.2 Å². The molecule has 1 aliphatic rings. The van der Waals surface area contributed by atoms with E-state index in [1.54, 1.807) is 0 Å². The van der Waals surface area contributed by atoms with Gasteiger partial charge in [0.15, 0.2) is 0 Å². The molecule has 1 saturated heterocycles. The van der Waals surface area contributed by atoms with Gasteiger partial charge in [0.1, 0.15) is 0 Å². The van der Waals surface area contributed by atoms with Crippen LogP contribution in [0.1, 0.15) is 5.56 Å². The van der Waals surface area contributed by atoms with Crippen LogP contribution in [0.5, 0.6) is 0 Å². The topological polar surface area (TPSA) is 46.2 Å². The summed E-state index contributed by atoms with van der Waals surface area (Å²) < 4.78 is 9.72. The second-order valence-electron chi connectivity index (χ2n) is 8.07. The zero-order valence-electron chi connectivity index (χ0n) is 18.1. The number of aromatic nitrogens is 2. The molecule has 166 valence electrons. The van der Waals surface area contributed by atoms with Crippen LogP contribution in [0, 0.1) is 5.41 Å². The summed E-state index contributed by atoms with van der Waals surface area (Å²) in [5.41, 5.74) is 6.44. The van der Waals surface area contributed by atoms with E-state index < -0.39 is 0 Å². The lowest BCUT2D eigenvalue weighted by atomic mass is 10.0. The number of nitrogens with zero attached hydrogens (tertiary/aromatic N) is 3. The fourth-order valence-electron chi connectivity index (χ4n) is 4.36. The summed E-state index contributed by atoms with van der Waals surface area (Å²) in [5, 5.41) is 8.90. The molecule has 0 bridgehead atoms. The molecule has 6 heteroatoms. The van der Waals surface area contributed by atoms with Crippen LogP contribution in [0.15, 0.2) is 78.9 Å². The molecule has 5 nitrogen and oxygen atoms in total. The summed E-state index contributed by atoms with van der Waals surface area (Å²) in [7, 11) is 0. The van der Waals surface area contributed by atoms with Crippen molar-refractivity contribution in [2.24, 2.45) is 0 Å². The van der Waals surface area contributed by atoms with Gasteiger partial charge in [-0.2, -0.15) is 0 Å². The van der Waals surface area contributed by atoms with Gasteiger partial charge in [-0.3, -0.25) is 10.3 Å². The van der Waals surface area contributed by atoms with E-state index in [9.17, 15) is 0 Å². The molecular formula is C26H29BrN4O. The highest BCUT2D eigenvalue weighted by Gasteiger charge is 2.14. The van der Waals surface area contributed by atoms with Crippen molar-refractivity contribution < 1.29 is 4.74 Å². The first-order valence-electron chi connectivity index (χ1n) is 11.0. The van der Waals surface area contributed by atoms with E-state index in [4.69, 9.17) is 10.1 Å². The SMILES string of the molecule is Br.N=c1n(CCN2CCOCC2)c2ccccc2n1Cc1ccc(-c2ccccc2)cc1. The van der Waals surface area contributed by atoms with Crippen LogP contribution in [0.25, 0.3) is 22.2 Å². The molecule has 0 spiro atoms. The maximum Gasteiger partial charge on any atom is 0.203 e. The molecular weight excluding hydrogens is 464 g/mol. The zero-order chi connectivity index (χ0) is 21.0. The molecule has 1 fully saturated rings. The predicted molar refractivity (Wildman–Crippen MR) is 134 cm³/mol. The van der Waals surface area contributed by atoms with E-state index in [0.717, 1.165) is 50.4 Å². The Bertz CT molecular complexity index is 1210. The highest BCUT2D eigenvalue weighted by Crippen LogP contribution is 2.20. The first-order chi connectivity index (χ1) is 15.3. The number of morpholine rings is 1. The van der Waals surface area contributed by atoms with Crippen molar-refractivity contribution in [3.8, 4) is 11.1 Å². The van der Waals surface area contributed by atoms with Gasteiger partial charge in [-0.05, 0) is 28.8 Å². The van der Waals surface area contributed by atoms with E-state index in [1.807, 2.05) is 6.07 Å². The van der Waals surface area contributed by atoms with Crippen LogP contribution in [0.2, 0.25) is 0 Å². The Balaban J connectivity index is 0.00000245. The highest BCUT2D eigenvalue weighted by molar-refractivity contribution is 8.93. The molecule has 1 N–H and O–H groups in total. The van der Waals surface area contributed by atoms with Crippen molar-refractivity contribution in [3.63, 3.8) is 0 Å². The van der Waals surface area contributed by atoms with Crippen molar-refractivity contribution in [2.45, 2.75) is 13.1 Å². The molecule has 2 heterocycles. The summed E-state index contributed by atoms with van der Waals surface area (Å²) in [6.45, 7) is 6.01. The number of hydrogen-bond acceptors (Lipinski definition) is 3. The molecule has 0 saturated carbocycles. The molecule has 5 rings (SSSR count). The molecule has 0 amide bonds. The van der Waals surface area contributed by atoms with E-state index >= 15 is 0 Å². The number of hydrogen-bond donors (Lipinski definition) is 1. The second kappa shape index (κ2) is 10.3. The summed E-state index contributed by atoms with van der Waals surface area (Å²) >= 11 is 0. The second-order valence-corrected chi connectivity index (χ2v) is 8.07. The number of halogens is 1. The van der Waals surface area contributed by atoms with Gasteiger partial charge in [0.05, 0.1) is 30.8 Å². The van der Waals surface area contributed by atoms with E-state index in [2.05, 4.69) is 86.8 Å². The summed E-state index contributed by atoms with van der Waals surface area (Å²) in [5.74, 6) is 0. The lowest BCUT2D eigenvalue weighted by Gasteiger charge is -2.26.